The van der Waals surface area contributed by atoms with Gasteiger partial charge >= 0.3 is 0 Å². The van der Waals surface area contributed by atoms with Crippen molar-refractivity contribution in [3.05, 3.63) is 51.8 Å². The third-order valence-electron chi connectivity index (χ3n) is 5.50. The number of aromatic nitrogens is 2. The number of rotatable bonds is 7. The number of aryl methyl sites for hydroxylation is 2. The first-order chi connectivity index (χ1) is 12.9. The minimum atomic E-state index is 0. The van der Waals surface area contributed by atoms with Gasteiger partial charge in [-0.1, -0.05) is 23.7 Å². The van der Waals surface area contributed by atoms with Crippen LogP contribution in [0.5, 0.6) is 0 Å². The molecule has 0 saturated heterocycles. The van der Waals surface area contributed by atoms with Gasteiger partial charge in [0.2, 0.25) is 0 Å². The van der Waals surface area contributed by atoms with E-state index in [1.807, 2.05) is 23.9 Å². The molecule has 7 heteroatoms. The molecule has 1 fully saturated rings. The molecule has 0 unspecified atom stereocenters. The van der Waals surface area contributed by atoms with E-state index in [0.717, 1.165) is 42.7 Å². The Labute approximate surface area is 190 Å². The first-order valence-corrected chi connectivity index (χ1v) is 10.1. The molecule has 1 saturated carbocycles. The Morgan fingerprint density at radius 1 is 1.29 bits per heavy atom. The quantitative estimate of drug-likeness (QED) is 0.331. The molecule has 1 aliphatic carbocycles. The Morgan fingerprint density at radius 3 is 2.61 bits per heavy atom. The van der Waals surface area contributed by atoms with E-state index >= 15 is 0 Å². The Bertz CT molecular complexity index is 826. The zero-order valence-electron chi connectivity index (χ0n) is 17.2. The van der Waals surface area contributed by atoms with Crippen LogP contribution in [-0.2, 0) is 18.9 Å². The van der Waals surface area contributed by atoms with Crippen molar-refractivity contribution in [1.29, 1.82) is 0 Å². The molecular weight excluding hydrogens is 485 g/mol. The Balaban J connectivity index is 0.00000280. The van der Waals surface area contributed by atoms with Crippen molar-refractivity contribution in [1.82, 2.24) is 20.4 Å². The summed E-state index contributed by atoms with van der Waals surface area (Å²) in [5.74, 6) is 0.880. The third kappa shape index (κ3) is 5.41. The second kappa shape index (κ2) is 9.96. The summed E-state index contributed by atoms with van der Waals surface area (Å²) in [5.41, 5.74) is 5.12. The summed E-state index contributed by atoms with van der Waals surface area (Å²) in [6.07, 6.45) is 3.28. The monoisotopic (exact) mass is 515 g/mol. The van der Waals surface area contributed by atoms with Crippen LogP contribution in [0.3, 0.4) is 0 Å². The summed E-state index contributed by atoms with van der Waals surface area (Å²) in [7, 11) is 2.00. The maximum atomic E-state index is 6.18. The Hall–Kier alpha value is -1.28. The predicted molar refractivity (Wildman–Crippen MR) is 128 cm³/mol. The lowest BCUT2D eigenvalue weighted by molar-refractivity contribution is 0.692. The van der Waals surface area contributed by atoms with Crippen molar-refractivity contribution in [2.45, 2.75) is 45.4 Å². The number of aliphatic imine (C=N–C) groups is 1. The van der Waals surface area contributed by atoms with Crippen molar-refractivity contribution < 1.29 is 0 Å². The SMILES string of the molecule is CCNC(=NCC1(c2cccc(Cl)c2)CC1)NCCc1c(C)nn(C)c1C.I. The Kier molecular flexibility index (Phi) is 8.18. The number of nitrogens with zero attached hydrogens (tertiary/aromatic N) is 3. The first kappa shape index (κ1) is 23.0. The van der Waals surface area contributed by atoms with Crippen LogP contribution in [-0.4, -0.2) is 35.4 Å². The molecule has 28 heavy (non-hydrogen) atoms. The molecule has 0 aliphatic heterocycles. The topological polar surface area (TPSA) is 54.2 Å². The highest BCUT2D eigenvalue weighted by Crippen LogP contribution is 2.48. The number of nitrogens with one attached hydrogen (secondary N) is 2. The van der Waals surface area contributed by atoms with Crippen molar-refractivity contribution in [3.63, 3.8) is 0 Å². The molecule has 1 aromatic carbocycles. The van der Waals surface area contributed by atoms with Gasteiger partial charge in [-0.25, -0.2) is 0 Å². The zero-order valence-corrected chi connectivity index (χ0v) is 20.3. The van der Waals surface area contributed by atoms with Gasteiger partial charge in [-0.3, -0.25) is 9.67 Å². The summed E-state index contributed by atoms with van der Waals surface area (Å²) in [6.45, 7) is 8.76. The molecule has 0 spiro atoms. The first-order valence-electron chi connectivity index (χ1n) is 9.72. The fourth-order valence-corrected chi connectivity index (χ4v) is 3.75. The highest BCUT2D eigenvalue weighted by Gasteiger charge is 2.44. The molecular formula is C21H31ClIN5. The molecule has 0 amide bonds. The van der Waals surface area contributed by atoms with E-state index in [2.05, 4.69) is 48.6 Å². The summed E-state index contributed by atoms with van der Waals surface area (Å²) in [5, 5.41) is 12.1. The number of benzene rings is 1. The van der Waals surface area contributed by atoms with Gasteiger partial charge in [-0.05, 0) is 63.3 Å². The highest BCUT2D eigenvalue weighted by molar-refractivity contribution is 14.0. The van der Waals surface area contributed by atoms with Gasteiger partial charge < -0.3 is 10.6 Å². The van der Waals surface area contributed by atoms with Crippen molar-refractivity contribution in [2.24, 2.45) is 12.0 Å². The molecule has 1 aromatic heterocycles. The van der Waals surface area contributed by atoms with Crippen molar-refractivity contribution in [2.75, 3.05) is 19.6 Å². The molecule has 0 bridgehead atoms. The average molecular weight is 516 g/mol. The summed E-state index contributed by atoms with van der Waals surface area (Å²) in [6, 6.07) is 8.21. The van der Waals surface area contributed by atoms with Gasteiger partial charge in [0.1, 0.15) is 0 Å². The van der Waals surface area contributed by atoms with E-state index in [9.17, 15) is 0 Å². The van der Waals surface area contributed by atoms with Crippen LogP contribution in [0.15, 0.2) is 29.3 Å². The molecule has 0 atom stereocenters. The maximum Gasteiger partial charge on any atom is 0.191 e. The van der Waals surface area contributed by atoms with Crippen LogP contribution in [0.2, 0.25) is 5.02 Å². The fraction of sp³-hybridized carbons (Fsp3) is 0.524. The van der Waals surface area contributed by atoms with Crippen LogP contribution in [0.25, 0.3) is 0 Å². The van der Waals surface area contributed by atoms with E-state index in [-0.39, 0.29) is 29.4 Å². The van der Waals surface area contributed by atoms with Gasteiger partial charge in [0.25, 0.3) is 0 Å². The molecule has 3 rings (SSSR count). The largest absolute Gasteiger partial charge is 0.357 e. The van der Waals surface area contributed by atoms with Crippen LogP contribution in [0.4, 0.5) is 0 Å². The van der Waals surface area contributed by atoms with Crippen LogP contribution in [0.1, 0.15) is 42.3 Å². The van der Waals surface area contributed by atoms with Crippen LogP contribution >= 0.6 is 35.6 Å². The van der Waals surface area contributed by atoms with E-state index in [0.29, 0.717) is 0 Å². The fourth-order valence-electron chi connectivity index (χ4n) is 3.56. The zero-order chi connectivity index (χ0) is 19.4. The minimum Gasteiger partial charge on any atom is -0.357 e. The maximum absolute atomic E-state index is 6.18. The minimum absolute atomic E-state index is 0. The van der Waals surface area contributed by atoms with Gasteiger partial charge in [0, 0.05) is 36.3 Å². The molecule has 2 aromatic rings. The number of hydrogen-bond donors (Lipinski definition) is 2. The third-order valence-corrected chi connectivity index (χ3v) is 5.74. The lowest BCUT2D eigenvalue weighted by Gasteiger charge is -2.16. The number of guanidine groups is 1. The van der Waals surface area contributed by atoms with Gasteiger partial charge in [-0.2, -0.15) is 5.10 Å². The molecule has 5 nitrogen and oxygen atoms in total. The summed E-state index contributed by atoms with van der Waals surface area (Å²) >= 11 is 6.18. The van der Waals surface area contributed by atoms with Crippen LogP contribution < -0.4 is 10.6 Å². The normalized spacial score (nSPS) is 15.1. The van der Waals surface area contributed by atoms with Gasteiger partial charge in [-0.15, -0.1) is 24.0 Å². The average Bonchev–Trinajstić information content (AvgIpc) is 3.39. The molecule has 0 radical (unpaired) electrons. The van der Waals surface area contributed by atoms with Gasteiger partial charge in [0.05, 0.1) is 12.2 Å². The van der Waals surface area contributed by atoms with E-state index < -0.39 is 0 Å². The molecule has 154 valence electrons. The second-order valence-corrected chi connectivity index (χ2v) is 7.87. The van der Waals surface area contributed by atoms with Crippen LogP contribution in [0, 0.1) is 13.8 Å². The summed E-state index contributed by atoms with van der Waals surface area (Å²) < 4.78 is 1.95. The highest BCUT2D eigenvalue weighted by atomic mass is 127. The van der Waals surface area contributed by atoms with E-state index in [1.165, 1.54) is 29.7 Å². The molecule has 1 heterocycles. The predicted octanol–water partition coefficient (Wildman–Crippen LogP) is 4.14. The molecule has 2 N–H and O–H groups in total. The van der Waals surface area contributed by atoms with E-state index in [1.54, 1.807) is 0 Å². The van der Waals surface area contributed by atoms with Crippen molar-refractivity contribution >= 4 is 41.5 Å². The standard InChI is InChI=1S/C21H30ClN5.HI/c1-5-23-20(24-12-9-19-15(2)26-27(4)16(19)3)25-14-21(10-11-21)17-7-6-8-18(22)13-17;/h6-8,13H,5,9-12,14H2,1-4H3,(H2,23,24,25);1H. The van der Waals surface area contributed by atoms with Crippen molar-refractivity contribution in [3.8, 4) is 0 Å². The number of hydrogen-bond acceptors (Lipinski definition) is 2. The number of halogens is 2. The lowest BCUT2D eigenvalue weighted by atomic mass is 9.96. The smallest absolute Gasteiger partial charge is 0.191 e. The second-order valence-electron chi connectivity index (χ2n) is 7.44. The van der Waals surface area contributed by atoms with E-state index in [4.69, 9.17) is 16.6 Å². The Morgan fingerprint density at radius 2 is 2.04 bits per heavy atom. The lowest BCUT2D eigenvalue weighted by Crippen LogP contribution is -2.39. The summed E-state index contributed by atoms with van der Waals surface area (Å²) in [4.78, 5) is 4.87. The molecule has 1 aliphatic rings. The van der Waals surface area contributed by atoms with Gasteiger partial charge in [0.15, 0.2) is 5.96 Å².